The highest BCUT2D eigenvalue weighted by molar-refractivity contribution is 7.21. The van der Waals surface area contributed by atoms with Crippen molar-refractivity contribution in [3.63, 3.8) is 0 Å². The zero-order valence-corrected chi connectivity index (χ0v) is 21.4. The molecule has 8 nitrogen and oxygen atoms in total. The highest BCUT2D eigenvalue weighted by Gasteiger charge is 2.20. The van der Waals surface area contributed by atoms with Crippen molar-refractivity contribution in [1.82, 2.24) is 5.32 Å². The lowest BCUT2D eigenvalue weighted by Gasteiger charge is -2.10. The van der Waals surface area contributed by atoms with Gasteiger partial charge in [-0.25, -0.2) is 0 Å². The number of nitro benzene ring substituents is 1. The molecule has 5 aromatic rings. The third-order valence-electron chi connectivity index (χ3n) is 5.93. The number of rotatable bonds is 9. The third-order valence-corrected chi connectivity index (χ3v) is 7.09. The molecule has 39 heavy (non-hydrogen) atoms. The van der Waals surface area contributed by atoms with Crippen molar-refractivity contribution in [3.05, 3.63) is 135 Å². The highest BCUT2D eigenvalue weighted by Crippen LogP contribution is 2.38. The van der Waals surface area contributed by atoms with Crippen LogP contribution in [0.25, 0.3) is 10.1 Å². The van der Waals surface area contributed by atoms with Crippen LogP contribution in [0.15, 0.2) is 103 Å². The number of benzene rings is 4. The summed E-state index contributed by atoms with van der Waals surface area (Å²) in [5.41, 5.74) is 2.60. The SMILES string of the molecule is O=C(Nc1cccc(CNC(=O)c2sc3ccccc3c2OCc2cccc([N+](=O)[O-])c2)c1)c1ccccc1. The van der Waals surface area contributed by atoms with Crippen LogP contribution in [0.4, 0.5) is 11.4 Å². The molecule has 0 unspecified atom stereocenters. The fourth-order valence-corrected chi connectivity index (χ4v) is 5.11. The second kappa shape index (κ2) is 11.6. The molecule has 2 N–H and O–H groups in total. The van der Waals surface area contributed by atoms with Crippen molar-refractivity contribution in [2.24, 2.45) is 0 Å². The monoisotopic (exact) mass is 537 g/mol. The van der Waals surface area contributed by atoms with Gasteiger partial charge in [0.05, 0.1) is 4.92 Å². The number of hydrogen-bond donors (Lipinski definition) is 2. The third kappa shape index (κ3) is 6.11. The lowest BCUT2D eigenvalue weighted by molar-refractivity contribution is -0.384. The average molecular weight is 538 g/mol. The van der Waals surface area contributed by atoms with E-state index in [1.54, 1.807) is 42.5 Å². The predicted octanol–water partition coefficient (Wildman–Crippen LogP) is 6.57. The van der Waals surface area contributed by atoms with Crippen LogP contribution in [0.1, 0.15) is 31.2 Å². The van der Waals surface area contributed by atoms with E-state index >= 15 is 0 Å². The number of nitro groups is 1. The van der Waals surface area contributed by atoms with E-state index in [-0.39, 0.29) is 30.7 Å². The summed E-state index contributed by atoms with van der Waals surface area (Å²) in [6.07, 6.45) is 0. The summed E-state index contributed by atoms with van der Waals surface area (Å²) < 4.78 is 6.96. The quantitative estimate of drug-likeness (QED) is 0.163. The maximum absolute atomic E-state index is 13.3. The maximum Gasteiger partial charge on any atom is 0.269 e. The second-order valence-corrected chi connectivity index (χ2v) is 9.73. The normalized spacial score (nSPS) is 10.7. The number of nitrogens with one attached hydrogen (secondary N) is 2. The van der Waals surface area contributed by atoms with Crippen LogP contribution < -0.4 is 15.4 Å². The Labute approximate surface area is 228 Å². The van der Waals surface area contributed by atoms with Crippen LogP contribution in [0, 0.1) is 10.1 Å². The molecule has 4 aromatic carbocycles. The first-order valence-corrected chi connectivity index (χ1v) is 12.9. The molecule has 1 aromatic heterocycles. The van der Waals surface area contributed by atoms with Crippen LogP contribution >= 0.6 is 11.3 Å². The van der Waals surface area contributed by atoms with Gasteiger partial charge in [0.15, 0.2) is 5.75 Å². The van der Waals surface area contributed by atoms with Crippen LogP contribution in [-0.2, 0) is 13.2 Å². The molecule has 9 heteroatoms. The van der Waals surface area contributed by atoms with Gasteiger partial charge in [0, 0.05) is 40.0 Å². The Kier molecular flexibility index (Phi) is 7.60. The van der Waals surface area contributed by atoms with Crippen molar-refractivity contribution < 1.29 is 19.2 Å². The number of ether oxygens (including phenoxy) is 1. The van der Waals surface area contributed by atoms with Gasteiger partial charge in [0.25, 0.3) is 17.5 Å². The maximum atomic E-state index is 13.3. The fourth-order valence-electron chi connectivity index (χ4n) is 4.04. The van der Waals surface area contributed by atoms with Gasteiger partial charge in [0.2, 0.25) is 0 Å². The number of fused-ring (bicyclic) bond motifs is 1. The van der Waals surface area contributed by atoms with E-state index in [4.69, 9.17) is 4.74 Å². The molecular formula is C30H23N3O5S. The first-order chi connectivity index (χ1) is 19.0. The molecule has 0 bridgehead atoms. The molecule has 0 radical (unpaired) electrons. The molecule has 0 aliphatic carbocycles. The number of carbonyl (C=O) groups is 2. The number of carbonyl (C=O) groups excluding carboxylic acids is 2. The van der Waals surface area contributed by atoms with Crippen LogP contribution in [0.3, 0.4) is 0 Å². The Morgan fingerprint density at radius 2 is 1.56 bits per heavy atom. The Morgan fingerprint density at radius 1 is 0.821 bits per heavy atom. The molecule has 0 fully saturated rings. The van der Waals surface area contributed by atoms with Crippen LogP contribution in [0.2, 0.25) is 0 Å². The topological polar surface area (TPSA) is 111 Å². The Hall–Kier alpha value is -5.02. The van der Waals surface area contributed by atoms with Crippen molar-refractivity contribution in [2.75, 3.05) is 5.32 Å². The minimum atomic E-state index is -0.454. The minimum absolute atomic E-state index is 0.0218. The van der Waals surface area contributed by atoms with Gasteiger partial charge in [-0.15, -0.1) is 11.3 Å². The highest BCUT2D eigenvalue weighted by atomic mass is 32.1. The van der Waals surface area contributed by atoms with E-state index in [0.29, 0.717) is 27.4 Å². The lowest BCUT2D eigenvalue weighted by atomic mass is 10.1. The van der Waals surface area contributed by atoms with Crippen molar-refractivity contribution in [3.8, 4) is 5.75 Å². The molecule has 0 aliphatic rings. The van der Waals surface area contributed by atoms with Crippen molar-refractivity contribution in [1.29, 1.82) is 0 Å². The molecule has 5 rings (SSSR count). The zero-order valence-electron chi connectivity index (χ0n) is 20.6. The average Bonchev–Trinajstić information content (AvgIpc) is 3.34. The predicted molar refractivity (Wildman–Crippen MR) is 151 cm³/mol. The fraction of sp³-hybridized carbons (Fsp3) is 0.0667. The Bertz CT molecular complexity index is 1670. The van der Waals surface area contributed by atoms with Gasteiger partial charge in [-0.2, -0.15) is 0 Å². The number of nitrogens with zero attached hydrogens (tertiary/aromatic N) is 1. The van der Waals surface area contributed by atoms with Gasteiger partial charge in [-0.3, -0.25) is 19.7 Å². The standard InChI is InChI=1S/C30H23N3O5S/c34-29(22-10-2-1-3-11-22)32-23-12-6-8-20(16-23)18-31-30(35)28-27(25-14-4-5-15-26(25)39-28)38-19-21-9-7-13-24(17-21)33(36)37/h1-17H,18-19H2,(H,31,35)(H,32,34). The second-order valence-electron chi connectivity index (χ2n) is 8.68. The summed E-state index contributed by atoms with van der Waals surface area (Å²) in [6.45, 7) is 0.318. The van der Waals surface area contributed by atoms with Gasteiger partial charge in [0.1, 0.15) is 11.5 Å². The summed E-state index contributed by atoms with van der Waals surface area (Å²) in [4.78, 5) is 36.8. The summed E-state index contributed by atoms with van der Waals surface area (Å²) in [5, 5.41) is 17.7. The van der Waals surface area contributed by atoms with E-state index in [2.05, 4.69) is 10.6 Å². The molecule has 0 saturated heterocycles. The molecule has 2 amide bonds. The number of anilines is 1. The summed E-state index contributed by atoms with van der Waals surface area (Å²) in [5.74, 6) is -0.0833. The van der Waals surface area contributed by atoms with Gasteiger partial charge in [-0.1, -0.05) is 54.6 Å². The molecule has 0 spiro atoms. The lowest BCUT2D eigenvalue weighted by Crippen LogP contribution is -2.22. The van der Waals surface area contributed by atoms with Gasteiger partial charge in [-0.05, 0) is 47.5 Å². The molecule has 0 aliphatic heterocycles. The van der Waals surface area contributed by atoms with Gasteiger partial charge >= 0.3 is 0 Å². The van der Waals surface area contributed by atoms with E-state index in [1.807, 2.05) is 48.5 Å². The van der Waals surface area contributed by atoms with Crippen LogP contribution in [-0.4, -0.2) is 16.7 Å². The van der Waals surface area contributed by atoms with E-state index in [9.17, 15) is 19.7 Å². The summed E-state index contributed by atoms with van der Waals surface area (Å²) in [6, 6.07) is 30.0. The number of hydrogen-bond acceptors (Lipinski definition) is 6. The summed E-state index contributed by atoms with van der Waals surface area (Å²) >= 11 is 1.32. The minimum Gasteiger partial charge on any atom is -0.487 e. The zero-order chi connectivity index (χ0) is 27.2. The molecule has 0 saturated carbocycles. The number of non-ortho nitro benzene ring substituents is 1. The number of amides is 2. The van der Waals surface area contributed by atoms with E-state index in [1.165, 1.54) is 23.5 Å². The van der Waals surface area contributed by atoms with E-state index in [0.717, 1.165) is 15.6 Å². The Morgan fingerprint density at radius 3 is 2.38 bits per heavy atom. The first kappa shape index (κ1) is 25.6. The molecular weight excluding hydrogens is 514 g/mol. The molecule has 1 heterocycles. The first-order valence-electron chi connectivity index (χ1n) is 12.1. The molecule has 194 valence electrons. The van der Waals surface area contributed by atoms with E-state index < -0.39 is 4.92 Å². The smallest absolute Gasteiger partial charge is 0.269 e. The molecule has 0 atom stereocenters. The van der Waals surface area contributed by atoms with Crippen LogP contribution in [0.5, 0.6) is 5.75 Å². The van der Waals surface area contributed by atoms with Crippen molar-refractivity contribution >= 4 is 44.6 Å². The Balaban J connectivity index is 1.30. The largest absolute Gasteiger partial charge is 0.487 e. The number of thiophene rings is 1. The summed E-state index contributed by atoms with van der Waals surface area (Å²) in [7, 11) is 0. The van der Waals surface area contributed by atoms with Crippen molar-refractivity contribution in [2.45, 2.75) is 13.2 Å². The van der Waals surface area contributed by atoms with Gasteiger partial charge < -0.3 is 15.4 Å².